The number of hydrogen-bond acceptors (Lipinski definition) is 6. The minimum absolute atomic E-state index is 0.241. The number of fused-ring (bicyclic) bond motifs is 1. The number of ether oxygens (including phenoxy) is 3. The van der Waals surface area contributed by atoms with Gasteiger partial charge in [-0.2, -0.15) is 0 Å². The average Bonchev–Trinajstić information content (AvgIpc) is 3.26. The lowest BCUT2D eigenvalue weighted by Crippen LogP contribution is -2.05. The van der Waals surface area contributed by atoms with E-state index in [0.29, 0.717) is 39.5 Å². The molecule has 0 aliphatic heterocycles. The molecule has 1 aromatic heterocycles. The van der Waals surface area contributed by atoms with Crippen LogP contribution in [0.4, 0.5) is 0 Å². The zero-order valence-corrected chi connectivity index (χ0v) is 18.3. The first-order valence-corrected chi connectivity index (χ1v) is 10.0. The van der Waals surface area contributed by atoms with E-state index in [4.69, 9.17) is 18.6 Å². The third-order valence-electron chi connectivity index (χ3n) is 5.08. The first-order valence-electron chi connectivity index (χ1n) is 10.0. The zero-order chi connectivity index (χ0) is 22.7. The summed E-state index contributed by atoms with van der Waals surface area (Å²) in [7, 11) is 4.54. The Balaban J connectivity index is 1.88. The molecule has 0 N–H and O–H groups in total. The molecule has 3 aromatic carbocycles. The van der Waals surface area contributed by atoms with Crippen LogP contribution in [-0.4, -0.2) is 32.1 Å². The molecule has 0 saturated carbocycles. The second-order valence-corrected chi connectivity index (χ2v) is 7.20. The van der Waals surface area contributed by atoms with Crippen LogP contribution in [0.15, 0.2) is 65.1 Å². The number of aromatic nitrogens is 1. The molecule has 6 nitrogen and oxygen atoms in total. The number of para-hydroxylation sites is 2. The summed E-state index contributed by atoms with van der Waals surface area (Å²) in [6.07, 6.45) is 1.77. The molecule has 0 aliphatic rings. The van der Waals surface area contributed by atoms with Crippen LogP contribution < -0.4 is 14.2 Å². The largest absolute Gasteiger partial charge is 0.493 e. The highest BCUT2D eigenvalue weighted by Gasteiger charge is 2.23. The molecule has 0 unspecified atom stereocenters. The van der Waals surface area contributed by atoms with Gasteiger partial charge in [-0.25, -0.2) is 4.98 Å². The summed E-state index contributed by atoms with van der Waals surface area (Å²) in [4.78, 5) is 18.3. The van der Waals surface area contributed by atoms with Crippen molar-refractivity contribution in [2.45, 2.75) is 6.92 Å². The Morgan fingerprint density at radius 1 is 0.906 bits per heavy atom. The van der Waals surface area contributed by atoms with Crippen LogP contribution in [0.1, 0.15) is 27.4 Å². The molecule has 0 saturated heterocycles. The van der Waals surface area contributed by atoms with Crippen LogP contribution in [0, 0.1) is 6.92 Å². The summed E-state index contributed by atoms with van der Waals surface area (Å²) in [5.41, 5.74) is 3.94. The van der Waals surface area contributed by atoms with Crippen molar-refractivity contribution in [2.24, 2.45) is 0 Å². The number of methoxy groups -OCH3 is 3. The summed E-state index contributed by atoms with van der Waals surface area (Å²) < 4.78 is 22.2. The van der Waals surface area contributed by atoms with Crippen LogP contribution >= 0.6 is 0 Å². The molecule has 1 heterocycles. The van der Waals surface area contributed by atoms with Gasteiger partial charge in [0.15, 0.2) is 22.9 Å². The van der Waals surface area contributed by atoms with Crippen molar-refractivity contribution in [3.05, 3.63) is 83.2 Å². The van der Waals surface area contributed by atoms with Gasteiger partial charge in [-0.1, -0.05) is 42.0 Å². The third kappa shape index (κ3) is 4.07. The number of hydrogen-bond donors (Lipinski definition) is 0. The molecule has 0 aliphatic carbocycles. The molecule has 6 heteroatoms. The van der Waals surface area contributed by atoms with Crippen LogP contribution in [0.2, 0.25) is 0 Å². The number of rotatable bonds is 7. The summed E-state index contributed by atoms with van der Waals surface area (Å²) in [5, 5.41) is 0. The van der Waals surface area contributed by atoms with E-state index in [9.17, 15) is 4.79 Å². The molecule has 0 amide bonds. The van der Waals surface area contributed by atoms with Crippen molar-refractivity contribution in [1.82, 2.24) is 4.98 Å². The van der Waals surface area contributed by atoms with Gasteiger partial charge >= 0.3 is 0 Å². The Kier molecular flexibility index (Phi) is 5.94. The van der Waals surface area contributed by atoms with Gasteiger partial charge in [-0.3, -0.25) is 4.79 Å². The lowest BCUT2D eigenvalue weighted by molar-refractivity contribution is 0.105. The van der Waals surface area contributed by atoms with Crippen molar-refractivity contribution in [3.63, 3.8) is 0 Å². The standard InChI is InChI=1S/C26H23NO5/c1-16-9-11-17(12-10-16)13-19(26-27-20-7-5-6-8-21(20)32-26)24(28)18-14-22(29-2)25(31-4)23(15-18)30-3/h5-15H,1-4H3/b19-13-. The lowest BCUT2D eigenvalue weighted by atomic mass is 9.99. The molecule has 4 aromatic rings. The smallest absolute Gasteiger partial charge is 0.231 e. The van der Waals surface area contributed by atoms with Crippen molar-refractivity contribution < 1.29 is 23.4 Å². The second kappa shape index (κ2) is 8.98. The van der Waals surface area contributed by atoms with Gasteiger partial charge in [0.25, 0.3) is 0 Å². The molecule has 32 heavy (non-hydrogen) atoms. The Labute approximate surface area is 186 Å². The Bertz CT molecular complexity index is 1240. The fourth-order valence-electron chi connectivity index (χ4n) is 3.41. The van der Waals surface area contributed by atoms with E-state index in [2.05, 4.69) is 4.98 Å². The monoisotopic (exact) mass is 429 g/mol. The molecule has 0 spiro atoms. The van der Waals surface area contributed by atoms with Crippen molar-refractivity contribution in [2.75, 3.05) is 21.3 Å². The Hall–Kier alpha value is -4.06. The average molecular weight is 429 g/mol. The lowest BCUT2D eigenvalue weighted by Gasteiger charge is -2.14. The van der Waals surface area contributed by atoms with E-state index in [1.807, 2.05) is 55.5 Å². The quantitative estimate of drug-likeness (QED) is 0.282. The SMILES string of the molecule is COc1cc(C(=O)/C(=C/c2ccc(C)cc2)c2nc3ccccc3o2)cc(OC)c1OC. The van der Waals surface area contributed by atoms with Crippen molar-refractivity contribution >= 4 is 28.5 Å². The molecular formula is C26H23NO5. The van der Waals surface area contributed by atoms with Gasteiger partial charge in [0.05, 0.1) is 26.9 Å². The number of nitrogens with zero attached hydrogens (tertiary/aromatic N) is 1. The second-order valence-electron chi connectivity index (χ2n) is 7.20. The van der Waals surface area contributed by atoms with Crippen LogP contribution in [0.5, 0.6) is 17.2 Å². The molecule has 4 rings (SSSR count). The number of carbonyl (C=O) groups excluding carboxylic acids is 1. The van der Waals surface area contributed by atoms with Crippen LogP contribution in [0.25, 0.3) is 22.7 Å². The highest BCUT2D eigenvalue weighted by atomic mass is 16.5. The van der Waals surface area contributed by atoms with Gasteiger partial charge in [-0.15, -0.1) is 0 Å². The van der Waals surface area contributed by atoms with Gasteiger partial charge < -0.3 is 18.6 Å². The van der Waals surface area contributed by atoms with E-state index < -0.39 is 0 Å². The predicted molar refractivity (Wildman–Crippen MR) is 123 cm³/mol. The van der Waals surface area contributed by atoms with E-state index in [1.54, 1.807) is 18.2 Å². The summed E-state index contributed by atoms with van der Waals surface area (Å²) in [5.74, 6) is 1.16. The van der Waals surface area contributed by atoms with Crippen molar-refractivity contribution in [1.29, 1.82) is 0 Å². The molecule has 0 bridgehead atoms. The number of aryl methyl sites for hydroxylation is 1. The fraction of sp³-hybridized carbons (Fsp3) is 0.154. The normalized spacial score (nSPS) is 11.4. The fourth-order valence-corrected chi connectivity index (χ4v) is 3.41. The predicted octanol–water partition coefficient (Wildman–Crippen LogP) is 5.59. The number of Topliss-reactive ketones (excluding diaryl/α,β-unsaturated/α-hetero) is 1. The Morgan fingerprint density at radius 3 is 2.16 bits per heavy atom. The van der Waals surface area contributed by atoms with E-state index in [-0.39, 0.29) is 11.7 Å². The molecule has 0 radical (unpaired) electrons. The molecule has 0 fully saturated rings. The summed E-state index contributed by atoms with van der Waals surface area (Å²) >= 11 is 0. The van der Waals surface area contributed by atoms with Gasteiger partial charge in [0.1, 0.15) is 5.52 Å². The molecule has 0 atom stereocenters. The maximum atomic E-state index is 13.7. The zero-order valence-electron chi connectivity index (χ0n) is 18.3. The summed E-state index contributed by atoms with van der Waals surface area (Å²) in [6, 6.07) is 18.5. The van der Waals surface area contributed by atoms with Gasteiger partial charge in [0, 0.05) is 5.56 Å². The first-order chi connectivity index (χ1) is 15.5. The van der Waals surface area contributed by atoms with Gasteiger partial charge in [0.2, 0.25) is 11.6 Å². The Morgan fingerprint density at radius 2 is 1.56 bits per heavy atom. The highest BCUT2D eigenvalue weighted by molar-refractivity contribution is 6.31. The van der Waals surface area contributed by atoms with Crippen molar-refractivity contribution in [3.8, 4) is 17.2 Å². The van der Waals surface area contributed by atoms with E-state index in [0.717, 1.165) is 11.1 Å². The van der Waals surface area contributed by atoms with Crippen LogP contribution in [-0.2, 0) is 0 Å². The maximum absolute atomic E-state index is 13.7. The number of oxazole rings is 1. The highest BCUT2D eigenvalue weighted by Crippen LogP contribution is 2.39. The number of benzene rings is 3. The number of carbonyl (C=O) groups is 1. The third-order valence-corrected chi connectivity index (χ3v) is 5.08. The number of allylic oxidation sites excluding steroid dienone is 1. The topological polar surface area (TPSA) is 70.8 Å². The van der Waals surface area contributed by atoms with Crippen LogP contribution in [0.3, 0.4) is 0 Å². The number of ketones is 1. The van der Waals surface area contributed by atoms with E-state index in [1.165, 1.54) is 21.3 Å². The summed E-state index contributed by atoms with van der Waals surface area (Å²) in [6.45, 7) is 2.01. The molecular weight excluding hydrogens is 406 g/mol. The molecule has 162 valence electrons. The first kappa shape index (κ1) is 21.2. The van der Waals surface area contributed by atoms with E-state index >= 15 is 0 Å². The minimum atomic E-state index is -0.281. The minimum Gasteiger partial charge on any atom is -0.493 e. The maximum Gasteiger partial charge on any atom is 0.231 e. The van der Waals surface area contributed by atoms with Gasteiger partial charge in [-0.05, 0) is 42.8 Å².